The number of nitrogens with one attached hydrogen (secondary N) is 2. The van der Waals surface area contributed by atoms with Crippen LogP contribution in [0.1, 0.15) is 30.7 Å². The summed E-state index contributed by atoms with van der Waals surface area (Å²) in [6, 6.07) is 17.4. The lowest BCUT2D eigenvalue weighted by molar-refractivity contribution is -0.152. The molecule has 1 fully saturated rings. The van der Waals surface area contributed by atoms with Crippen molar-refractivity contribution in [3.8, 4) is 11.1 Å². The van der Waals surface area contributed by atoms with Crippen LogP contribution in [0.15, 0.2) is 77.6 Å². The highest BCUT2D eigenvalue weighted by Gasteiger charge is 2.36. The maximum atomic E-state index is 12.8. The van der Waals surface area contributed by atoms with Gasteiger partial charge in [0.15, 0.2) is 6.29 Å². The van der Waals surface area contributed by atoms with Crippen molar-refractivity contribution in [2.75, 3.05) is 11.9 Å². The van der Waals surface area contributed by atoms with Gasteiger partial charge in [-0.15, -0.1) is 0 Å². The highest BCUT2D eigenvalue weighted by molar-refractivity contribution is 5.86. The molecule has 7 N–H and O–H groups in total. The maximum absolute atomic E-state index is 12.8. The predicted octanol–water partition coefficient (Wildman–Crippen LogP) is 1.72. The molecule has 2 amide bonds. The van der Waals surface area contributed by atoms with E-state index < -0.39 is 54.1 Å². The second kappa shape index (κ2) is 14.1. The number of aliphatic hydroxyl groups is 2. The molecule has 1 saturated heterocycles. The molecular weight excluding hydrogens is 574 g/mol. The van der Waals surface area contributed by atoms with E-state index >= 15 is 0 Å². The molecule has 1 aromatic heterocycles. The average Bonchev–Trinajstić information content (AvgIpc) is 3.39. The third-order valence-corrected chi connectivity index (χ3v) is 7.22. The zero-order chi connectivity index (χ0) is 32.0. The number of H-pyrrole nitrogens is 1. The van der Waals surface area contributed by atoms with Gasteiger partial charge in [-0.1, -0.05) is 61.2 Å². The molecule has 3 aromatic rings. The van der Waals surface area contributed by atoms with E-state index in [-0.39, 0.29) is 30.1 Å². The zero-order valence-corrected chi connectivity index (χ0v) is 23.8. The van der Waals surface area contributed by atoms with Gasteiger partial charge in [0.25, 0.3) is 0 Å². The molecule has 1 aliphatic rings. The minimum atomic E-state index is -1.86. The number of carboxylic acid groups (broad SMARTS) is 1. The normalized spacial score (nSPS) is 17.6. The molecule has 0 unspecified atom stereocenters. The Morgan fingerprint density at radius 3 is 2.43 bits per heavy atom. The van der Waals surface area contributed by atoms with Crippen LogP contribution in [0.3, 0.4) is 0 Å². The number of anilines is 1. The van der Waals surface area contributed by atoms with E-state index in [1.807, 2.05) is 54.6 Å². The number of hydrogen-bond donors (Lipinski definition) is 6. The first-order valence-corrected chi connectivity index (χ1v) is 13.6. The number of aromatic amines is 1. The average molecular weight is 608 g/mol. The van der Waals surface area contributed by atoms with Crippen LogP contribution in [0, 0.1) is 5.92 Å². The fourth-order valence-corrected chi connectivity index (χ4v) is 4.71. The van der Waals surface area contributed by atoms with Crippen molar-refractivity contribution in [2.45, 2.75) is 44.3 Å². The van der Waals surface area contributed by atoms with Crippen LogP contribution in [-0.4, -0.2) is 73.3 Å². The van der Waals surface area contributed by atoms with Crippen molar-refractivity contribution in [3.05, 3.63) is 94.6 Å². The maximum Gasteiger partial charge on any atom is 0.413 e. The molecule has 2 aromatic carbocycles. The molecular formula is C30H33N5O9. The second-order valence-electron chi connectivity index (χ2n) is 10.2. The number of ether oxygens (including phenoxy) is 2. The van der Waals surface area contributed by atoms with Crippen molar-refractivity contribution in [1.82, 2.24) is 15.0 Å². The summed E-state index contributed by atoms with van der Waals surface area (Å²) in [7, 11) is 0. The summed E-state index contributed by atoms with van der Waals surface area (Å²) in [6.07, 6.45) is -5.45. The van der Waals surface area contributed by atoms with E-state index in [1.165, 1.54) is 13.0 Å². The van der Waals surface area contributed by atoms with Crippen LogP contribution in [0.2, 0.25) is 0 Å². The highest BCUT2D eigenvalue weighted by atomic mass is 16.6. The minimum absolute atomic E-state index is 0.0216. The molecule has 2 heterocycles. The number of rotatable bonds is 11. The van der Waals surface area contributed by atoms with Crippen LogP contribution in [0.5, 0.6) is 0 Å². The van der Waals surface area contributed by atoms with Crippen molar-refractivity contribution in [1.29, 1.82) is 0 Å². The Morgan fingerprint density at radius 1 is 1.16 bits per heavy atom. The molecule has 1 aliphatic heterocycles. The van der Waals surface area contributed by atoms with Gasteiger partial charge in [-0.2, -0.15) is 4.98 Å². The number of amides is 2. The van der Waals surface area contributed by atoms with Gasteiger partial charge in [-0.25, -0.2) is 20.2 Å². The van der Waals surface area contributed by atoms with Gasteiger partial charge in [0, 0.05) is 12.5 Å². The molecule has 44 heavy (non-hydrogen) atoms. The Hall–Kier alpha value is -4.89. The Morgan fingerprint density at radius 2 is 1.82 bits per heavy atom. The number of nitrogens with two attached hydrogens (primary N) is 1. The second-order valence-corrected chi connectivity index (χ2v) is 10.2. The summed E-state index contributed by atoms with van der Waals surface area (Å²) in [5, 5.41) is 31.5. The number of aliphatic carboxylic acids is 1. The fourth-order valence-electron chi connectivity index (χ4n) is 4.71. The van der Waals surface area contributed by atoms with E-state index in [2.05, 4.69) is 21.9 Å². The van der Waals surface area contributed by atoms with Gasteiger partial charge >= 0.3 is 17.8 Å². The molecule has 0 saturated carbocycles. The molecule has 14 heteroatoms. The Labute approximate surface area is 251 Å². The van der Waals surface area contributed by atoms with E-state index in [4.69, 9.17) is 15.3 Å². The summed E-state index contributed by atoms with van der Waals surface area (Å²) in [4.78, 5) is 55.5. The molecule has 4 atom stereocenters. The standard InChI is InChI=1S/C30H33N5O9/c1-16-21(27(37)38)15-43-25(16)22-14-23(33-29(41)32-22)34-30(42)44-26(28(39)40)17(2)35(31)24(36)13-10-18-8-11-20(12-9-18)19-6-4-3-5-7-19/h3-9,11-12,14,17,21,25-27,37-38H,1,10,13,15,31H2,2H3,(H,39,40)(H2,32,33,34,41,42)/t17-,21+,25+,26-/m0/s1. The number of aliphatic hydroxyl groups excluding tert-OH is 1. The number of hydrazine groups is 1. The SMILES string of the molecule is C=C1[C@H](c2cc(NC(=O)O[C@H](C(=O)O)[C@H](C)N(N)C(=O)CCc3ccc(-c4ccccc4)cc3)nc(=O)[nH]2)OC[C@H]1C(O)O. The Balaban J connectivity index is 1.35. The van der Waals surface area contributed by atoms with Crippen molar-refractivity contribution in [3.63, 3.8) is 0 Å². The summed E-state index contributed by atoms with van der Waals surface area (Å²) in [5.41, 5.74) is 2.48. The molecule has 4 rings (SSSR count). The van der Waals surface area contributed by atoms with E-state index in [9.17, 15) is 34.5 Å². The van der Waals surface area contributed by atoms with Crippen molar-refractivity contribution < 1.29 is 39.2 Å². The summed E-state index contributed by atoms with van der Waals surface area (Å²) in [5.74, 6) is 2.72. The number of aromatic nitrogens is 2. The molecule has 0 bridgehead atoms. The molecule has 232 valence electrons. The first-order valence-electron chi connectivity index (χ1n) is 13.6. The number of carbonyl (C=O) groups is 3. The minimum Gasteiger partial charge on any atom is -0.478 e. The molecule has 14 nitrogen and oxygen atoms in total. The molecule has 0 aliphatic carbocycles. The summed E-state index contributed by atoms with van der Waals surface area (Å²) >= 11 is 0. The van der Waals surface area contributed by atoms with E-state index in [1.54, 1.807) is 0 Å². The van der Waals surface area contributed by atoms with Gasteiger partial charge in [0.1, 0.15) is 11.9 Å². The Kier molecular flexibility index (Phi) is 10.2. The van der Waals surface area contributed by atoms with Gasteiger partial charge in [-0.3, -0.25) is 15.1 Å². The number of benzene rings is 2. The fraction of sp³-hybridized carbons (Fsp3) is 0.300. The van der Waals surface area contributed by atoms with Crippen molar-refractivity contribution >= 4 is 23.8 Å². The van der Waals surface area contributed by atoms with Crippen LogP contribution < -0.4 is 16.8 Å². The summed E-state index contributed by atoms with van der Waals surface area (Å²) < 4.78 is 10.5. The Bertz CT molecular complexity index is 1560. The highest BCUT2D eigenvalue weighted by Crippen LogP contribution is 2.37. The third kappa shape index (κ3) is 7.73. The zero-order valence-electron chi connectivity index (χ0n) is 23.8. The molecule has 0 spiro atoms. The topological polar surface area (TPSA) is 217 Å². The van der Waals surface area contributed by atoms with Gasteiger partial charge in [0.2, 0.25) is 12.0 Å². The van der Waals surface area contributed by atoms with Crippen LogP contribution in [0.25, 0.3) is 11.1 Å². The van der Waals surface area contributed by atoms with Crippen LogP contribution in [0.4, 0.5) is 10.6 Å². The quantitative estimate of drug-likeness (QED) is 0.0606. The molecule has 0 radical (unpaired) electrons. The lowest BCUT2D eigenvalue weighted by Crippen LogP contribution is -2.53. The smallest absolute Gasteiger partial charge is 0.413 e. The first-order chi connectivity index (χ1) is 20.9. The number of nitrogens with zero attached hydrogens (tertiary/aromatic N) is 2. The largest absolute Gasteiger partial charge is 0.478 e. The third-order valence-electron chi connectivity index (χ3n) is 7.22. The van der Waals surface area contributed by atoms with Gasteiger partial charge < -0.3 is 29.8 Å². The van der Waals surface area contributed by atoms with Gasteiger partial charge in [-0.05, 0) is 35.6 Å². The monoisotopic (exact) mass is 607 g/mol. The lowest BCUT2D eigenvalue weighted by atomic mass is 9.97. The summed E-state index contributed by atoms with van der Waals surface area (Å²) in [6.45, 7) is 5.03. The number of carbonyl (C=O) groups excluding carboxylic acids is 2. The van der Waals surface area contributed by atoms with Crippen LogP contribution >= 0.6 is 0 Å². The first kappa shape index (κ1) is 32.0. The van der Waals surface area contributed by atoms with Crippen LogP contribution in [-0.2, 0) is 25.5 Å². The van der Waals surface area contributed by atoms with Crippen molar-refractivity contribution in [2.24, 2.45) is 11.8 Å². The predicted molar refractivity (Wildman–Crippen MR) is 157 cm³/mol. The lowest BCUT2D eigenvalue weighted by Gasteiger charge is -2.28. The van der Waals surface area contributed by atoms with E-state index in [0.717, 1.165) is 16.7 Å². The van der Waals surface area contributed by atoms with E-state index in [0.29, 0.717) is 11.4 Å². The number of aryl methyl sites for hydroxylation is 1. The number of hydrogen-bond acceptors (Lipinski definition) is 10. The van der Waals surface area contributed by atoms with Gasteiger partial charge in [0.05, 0.1) is 24.3 Å². The number of carboxylic acids is 1.